The number of carbonyl (C=O) groups excluding carboxylic acids is 3. The molecule has 0 fully saturated rings. The summed E-state index contributed by atoms with van der Waals surface area (Å²) < 4.78 is 28.3. The fourth-order valence-electron chi connectivity index (χ4n) is 4.55. The number of dihydropyridines is 1. The van der Waals surface area contributed by atoms with Crippen molar-refractivity contribution >= 4 is 17.9 Å². The average molecular weight is 560 g/mol. The number of nitrogens with one attached hydrogen (secondary N) is 1. The molecule has 2 heterocycles. The molecule has 2 aliphatic heterocycles. The molecule has 214 valence electrons. The lowest BCUT2D eigenvalue weighted by Gasteiger charge is -2.28. The van der Waals surface area contributed by atoms with Crippen LogP contribution >= 0.6 is 0 Å². The maximum atomic E-state index is 13.1. The number of carbonyl (C=O) groups is 3. The van der Waals surface area contributed by atoms with Gasteiger partial charge in [0.2, 0.25) is 5.76 Å². The summed E-state index contributed by atoms with van der Waals surface area (Å²) in [6.45, 7) is 7.29. The van der Waals surface area contributed by atoms with Gasteiger partial charge in [-0.3, -0.25) is 0 Å². The van der Waals surface area contributed by atoms with Crippen molar-refractivity contribution in [2.24, 2.45) is 5.92 Å². The van der Waals surface area contributed by atoms with Crippen molar-refractivity contribution in [3.8, 4) is 0 Å². The second-order valence-corrected chi connectivity index (χ2v) is 9.25. The normalized spacial score (nSPS) is 16.5. The zero-order chi connectivity index (χ0) is 29.4. The fourth-order valence-corrected chi connectivity index (χ4v) is 4.55. The molecule has 9 nitrogen and oxygen atoms in total. The summed E-state index contributed by atoms with van der Waals surface area (Å²) in [5.74, 6) is -2.97. The van der Waals surface area contributed by atoms with Crippen LogP contribution < -0.4 is 5.32 Å². The molecule has 0 aromatic heterocycles. The summed E-state index contributed by atoms with van der Waals surface area (Å²) in [6.07, 6.45) is 1.50. The highest BCUT2D eigenvalue weighted by Crippen LogP contribution is 2.37. The zero-order valence-corrected chi connectivity index (χ0v) is 23.5. The zero-order valence-electron chi connectivity index (χ0n) is 23.5. The highest BCUT2D eigenvalue weighted by molar-refractivity contribution is 5.99. The minimum Gasteiger partial charge on any atom is -0.481 e. The average Bonchev–Trinajstić information content (AvgIpc) is 3.25. The van der Waals surface area contributed by atoms with E-state index in [1.807, 2.05) is 60.7 Å². The smallest absolute Gasteiger partial charge is 0.383 e. The molecule has 41 heavy (non-hydrogen) atoms. The molecular formula is C32H33NO8. The third kappa shape index (κ3) is 6.87. The van der Waals surface area contributed by atoms with E-state index in [1.54, 1.807) is 27.7 Å². The predicted octanol–water partition coefficient (Wildman–Crippen LogP) is 4.97. The summed E-state index contributed by atoms with van der Waals surface area (Å²) >= 11 is 0. The van der Waals surface area contributed by atoms with Crippen molar-refractivity contribution in [3.63, 3.8) is 0 Å². The molecule has 9 heteroatoms. The Kier molecular flexibility index (Phi) is 9.63. The van der Waals surface area contributed by atoms with E-state index in [-0.39, 0.29) is 54.9 Å². The second-order valence-electron chi connectivity index (χ2n) is 9.25. The number of esters is 3. The quantitative estimate of drug-likeness (QED) is 0.302. The van der Waals surface area contributed by atoms with Gasteiger partial charge in [0, 0.05) is 17.3 Å². The predicted molar refractivity (Wildman–Crippen MR) is 149 cm³/mol. The van der Waals surface area contributed by atoms with E-state index >= 15 is 0 Å². The summed E-state index contributed by atoms with van der Waals surface area (Å²) in [7, 11) is 0. The summed E-state index contributed by atoms with van der Waals surface area (Å²) in [4.78, 5) is 39.3. The SMILES string of the molecule is CCOC(=O)C1=C(C)NC(C)=C(C(=O)OCC)C1/C=C1\OC(=O)C(OCc2ccccc2)=C1OCc1ccccc1. The van der Waals surface area contributed by atoms with Crippen LogP contribution in [0.4, 0.5) is 0 Å². The van der Waals surface area contributed by atoms with Gasteiger partial charge >= 0.3 is 17.9 Å². The number of benzene rings is 2. The van der Waals surface area contributed by atoms with Crippen molar-refractivity contribution in [1.82, 2.24) is 5.32 Å². The first kappa shape index (κ1) is 29.2. The van der Waals surface area contributed by atoms with E-state index < -0.39 is 23.8 Å². The number of hydrogen-bond donors (Lipinski definition) is 1. The van der Waals surface area contributed by atoms with Gasteiger partial charge in [0.05, 0.1) is 24.4 Å². The van der Waals surface area contributed by atoms with Crippen LogP contribution in [0.2, 0.25) is 0 Å². The third-order valence-electron chi connectivity index (χ3n) is 6.38. The van der Waals surface area contributed by atoms with Crippen LogP contribution in [0, 0.1) is 5.92 Å². The Morgan fingerprint density at radius 2 is 1.24 bits per heavy atom. The van der Waals surface area contributed by atoms with Crippen LogP contribution in [0.3, 0.4) is 0 Å². The molecule has 0 spiro atoms. The van der Waals surface area contributed by atoms with Gasteiger partial charge in [0.1, 0.15) is 13.2 Å². The molecule has 0 bridgehead atoms. The van der Waals surface area contributed by atoms with Crippen molar-refractivity contribution in [2.75, 3.05) is 13.2 Å². The monoisotopic (exact) mass is 559 g/mol. The molecular weight excluding hydrogens is 526 g/mol. The minimum atomic E-state index is -0.957. The lowest BCUT2D eigenvalue weighted by atomic mass is 9.84. The van der Waals surface area contributed by atoms with Crippen molar-refractivity contribution in [3.05, 3.63) is 118 Å². The molecule has 0 unspecified atom stereocenters. The molecule has 4 rings (SSSR count). The Bertz CT molecular complexity index is 1380. The second kappa shape index (κ2) is 13.5. The van der Waals surface area contributed by atoms with Crippen LogP contribution in [0.5, 0.6) is 0 Å². The van der Waals surface area contributed by atoms with Crippen molar-refractivity contribution < 1.29 is 38.1 Å². The first-order valence-electron chi connectivity index (χ1n) is 13.4. The van der Waals surface area contributed by atoms with Gasteiger partial charge < -0.3 is 29.0 Å². The Morgan fingerprint density at radius 1 is 0.780 bits per heavy atom. The number of allylic oxidation sites excluding steroid dienone is 3. The highest BCUT2D eigenvalue weighted by atomic mass is 16.6. The van der Waals surface area contributed by atoms with Crippen LogP contribution in [0.15, 0.2) is 107 Å². The van der Waals surface area contributed by atoms with Crippen LogP contribution in [0.25, 0.3) is 0 Å². The molecule has 2 aliphatic rings. The first-order chi connectivity index (χ1) is 19.8. The third-order valence-corrected chi connectivity index (χ3v) is 6.38. The van der Waals surface area contributed by atoms with Gasteiger partial charge in [-0.1, -0.05) is 60.7 Å². The standard InChI is InChI=1S/C32H33NO8/c1-5-37-30(34)26-20(3)33-21(4)27(31(35)38-6-2)24(26)17-25-28(39-18-22-13-9-7-10-14-22)29(32(36)41-25)40-19-23-15-11-8-12-16-23/h7-17,24,33H,5-6,18-19H2,1-4H3/b25-17-. The molecule has 2 aromatic carbocycles. The molecule has 0 aliphatic carbocycles. The Balaban J connectivity index is 1.79. The van der Waals surface area contributed by atoms with E-state index in [2.05, 4.69) is 5.32 Å². The first-order valence-corrected chi connectivity index (χ1v) is 13.4. The maximum Gasteiger partial charge on any atom is 0.383 e. The molecule has 0 saturated heterocycles. The summed E-state index contributed by atoms with van der Waals surface area (Å²) in [6, 6.07) is 18.8. The van der Waals surface area contributed by atoms with Crippen LogP contribution in [-0.4, -0.2) is 31.1 Å². The Morgan fingerprint density at radius 3 is 1.71 bits per heavy atom. The number of hydrogen-bond acceptors (Lipinski definition) is 9. The number of cyclic esters (lactones) is 1. The molecule has 0 radical (unpaired) electrons. The summed E-state index contributed by atoms with van der Waals surface area (Å²) in [5, 5.41) is 3.08. The topological polar surface area (TPSA) is 109 Å². The van der Waals surface area contributed by atoms with Crippen LogP contribution in [-0.2, 0) is 51.3 Å². The van der Waals surface area contributed by atoms with Gasteiger partial charge in [-0.25, -0.2) is 14.4 Å². The van der Waals surface area contributed by atoms with Gasteiger partial charge in [-0.15, -0.1) is 0 Å². The van der Waals surface area contributed by atoms with Gasteiger partial charge in [0.25, 0.3) is 5.76 Å². The number of rotatable bonds is 11. The lowest BCUT2D eigenvalue weighted by Crippen LogP contribution is -2.33. The van der Waals surface area contributed by atoms with E-state index in [9.17, 15) is 14.4 Å². The van der Waals surface area contributed by atoms with E-state index in [4.69, 9.17) is 23.7 Å². The van der Waals surface area contributed by atoms with Crippen LogP contribution in [0.1, 0.15) is 38.8 Å². The molecule has 1 N–H and O–H groups in total. The Labute approximate surface area is 239 Å². The van der Waals surface area contributed by atoms with Gasteiger partial charge in [-0.2, -0.15) is 0 Å². The van der Waals surface area contributed by atoms with Crippen molar-refractivity contribution in [2.45, 2.75) is 40.9 Å². The lowest BCUT2D eigenvalue weighted by molar-refractivity contribution is -0.140. The van der Waals surface area contributed by atoms with E-state index in [1.165, 1.54) is 6.08 Å². The molecule has 0 atom stereocenters. The molecule has 0 amide bonds. The summed E-state index contributed by atoms with van der Waals surface area (Å²) in [5.41, 5.74) is 3.06. The van der Waals surface area contributed by atoms with E-state index in [0.29, 0.717) is 11.4 Å². The molecule has 0 saturated carbocycles. The maximum absolute atomic E-state index is 13.1. The van der Waals surface area contributed by atoms with E-state index in [0.717, 1.165) is 11.1 Å². The Hall–Kier alpha value is -4.79. The fraction of sp³-hybridized carbons (Fsp3) is 0.281. The minimum absolute atomic E-state index is 0.0186. The van der Waals surface area contributed by atoms with Crippen molar-refractivity contribution in [1.29, 1.82) is 0 Å². The van der Waals surface area contributed by atoms with Gasteiger partial charge in [0.15, 0.2) is 5.76 Å². The highest BCUT2D eigenvalue weighted by Gasteiger charge is 2.40. The largest absolute Gasteiger partial charge is 0.481 e. The molecule has 2 aromatic rings. The number of ether oxygens (including phenoxy) is 5. The van der Waals surface area contributed by atoms with Gasteiger partial charge in [-0.05, 0) is 44.9 Å².